The van der Waals surface area contributed by atoms with E-state index in [1.54, 1.807) is 11.0 Å². The zero-order valence-corrected chi connectivity index (χ0v) is 17.2. The number of likely N-dealkylation sites (tertiary alicyclic amines) is 1. The fraction of sp³-hybridized carbons (Fsp3) is 0.571. The summed E-state index contributed by atoms with van der Waals surface area (Å²) < 4.78 is 5.38. The normalized spacial score (nSPS) is 15.1. The summed E-state index contributed by atoms with van der Waals surface area (Å²) in [6.45, 7) is 9.16. The summed E-state index contributed by atoms with van der Waals surface area (Å²) in [6, 6.07) is 7.44. The molecule has 0 saturated carbocycles. The molecule has 28 heavy (non-hydrogen) atoms. The Hall–Kier alpha value is -2.57. The number of nitrogens with zero attached hydrogens (tertiary/aromatic N) is 1. The molecule has 1 heterocycles. The minimum atomic E-state index is -0.667. The zero-order valence-electron chi connectivity index (χ0n) is 17.2. The van der Waals surface area contributed by atoms with Crippen molar-refractivity contribution in [2.45, 2.75) is 52.6 Å². The number of hydrogen-bond donors (Lipinski definition) is 2. The van der Waals surface area contributed by atoms with Crippen LogP contribution in [0.1, 0.15) is 46.1 Å². The number of anilines is 1. The fourth-order valence-electron chi connectivity index (χ4n) is 3.02. The van der Waals surface area contributed by atoms with Gasteiger partial charge in [0, 0.05) is 25.3 Å². The number of aryl methyl sites for hydroxylation is 1. The van der Waals surface area contributed by atoms with Gasteiger partial charge in [-0.3, -0.25) is 9.59 Å². The molecule has 2 rings (SSSR count). The second-order valence-electron chi connectivity index (χ2n) is 8.13. The molecular formula is C21H31N3O4. The van der Waals surface area contributed by atoms with Crippen LogP contribution in [0.15, 0.2) is 24.3 Å². The number of nitrogens with one attached hydrogen (secondary N) is 2. The summed E-state index contributed by atoms with van der Waals surface area (Å²) >= 11 is 0. The Morgan fingerprint density at radius 2 is 1.82 bits per heavy atom. The largest absolute Gasteiger partial charge is 0.444 e. The molecule has 154 valence electrons. The molecule has 0 atom stereocenters. The number of benzene rings is 1. The monoisotopic (exact) mass is 389 g/mol. The summed E-state index contributed by atoms with van der Waals surface area (Å²) in [4.78, 5) is 37.9. The molecule has 7 heteroatoms. The maximum Gasteiger partial charge on any atom is 0.410 e. The van der Waals surface area contributed by atoms with Crippen molar-refractivity contribution < 1.29 is 19.1 Å². The van der Waals surface area contributed by atoms with Crippen molar-refractivity contribution in [2.75, 3.05) is 25.0 Å². The topological polar surface area (TPSA) is 87.7 Å². The Balaban J connectivity index is 1.73. The van der Waals surface area contributed by atoms with Crippen LogP contribution in [0.4, 0.5) is 10.5 Å². The van der Waals surface area contributed by atoms with Crippen molar-refractivity contribution in [3.63, 3.8) is 0 Å². The molecule has 0 bridgehead atoms. The van der Waals surface area contributed by atoms with Crippen LogP contribution < -0.4 is 10.6 Å². The standard InChI is InChI=1S/C21H31N3O4/c1-5-15-7-6-8-17(13-15)23-19(26)18(25)22-14-16-9-11-24(12-10-16)20(27)28-21(2,3)4/h6-8,13,16H,5,9-12,14H2,1-4H3,(H,22,25)(H,23,26). The highest BCUT2D eigenvalue weighted by Gasteiger charge is 2.27. The first-order chi connectivity index (χ1) is 13.2. The van der Waals surface area contributed by atoms with Gasteiger partial charge in [0.15, 0.2) is 0 Å². The molecule has 0 aliphatic carbocycles. The van der Waals surface area contributed by atoms with Crippen LogP contribution in [0.2, 0.25) is 0 Å². The van der Waals surface area contributed by atoms with E-state index in [9.17, 15) is 14.4 Å². The Labute approximate surface area is 166 Å². The first kappa shape index (κ1) is 21.7. The van der Waals surface area contributed by atoms with Crippen molar-refractivity contribution in [1.82, 2.24) is 10.2 Å². The summed E-state index contributed by atoms with van der Waals surface area (Å²) in [5, 5.41) is 5.33. The Morgan fingerprint density at radius 3 is 2.43 bits per heavy atom. The lowest BCUT2D eigenvalue weighted by molar-refractivity contribution is -0.136. The molecule has 1 fully saturated rings. The van der Waals surface area contributed by atoms with Gasteiger partial charge in [0.05, 0.1) is 0 Å². The van der Waals surface area contributed by atoms with E-state index in [-0.39, 0.29) is 12.0 Å². The lowest BCUT2D eigenvalue weighted by Crippen LogP contribution is -2.44. The molecular weight excluding hydrogens is 358 g/mol. The minimum Gasteiger partial charge on any atom is -0.444 e. The third-order valence-corrected chi connectivity index (χ3v) is 4.62. The molecule has 1 aromatic rings. The summed E-state index contributed by atoms with van der Waals surface area (Å²) in [5.74, 6) is -1.07. The van der Waals surface area contributed by atoms with Crippen LogP contribution in [0, 0.1) is 5.92 Å². The van der Waals surface area contributed by atoms with E-state index in [0.717, 1.165) is 24.8 Å². The van der Waals surface area contributed by atoms with Crippen LogP contribution in [0.25, 0.3) is 0 Å². The van der Waals surface area contributed by atoms with Gasteiger partial charge in [-0.25, -0.2) is 4.79 Å². The maximum absolute atomic E-state index is 12.1. The van der Waals surface area contributed by atoms with Crippen molar-refractivity contribution in [3.8, 4) is 0 Å². The van der Waals surface area contributed by atoms with Gasteiger partial charge in [-0.05, 0) is 63.6 Å². The number of ether oxygens (including phenoxy) is 1. The lowest BCUT2D eigenvalue weighted by atomic mass is 9.97. The Kier molecular flexibility index (Phi) is 7.43. The quantitative estimate of drug-likeness (QED) is 0.775. The molecule has 1 aromatic carbocycles. The van der Waals surface area contributed by atoms with E-state index in [1.165, 1.54) is 0 Å². The van der Waals surface area contributed by atoms with E-state index in [1.807, 2.05) is 45.9 Å². The van der Waals surface area contributed by atoms with Crippen LogP contribution in [-0.4, -0.2) is 48.0 Å². The van der Waals surface area contributed by atoms with Crippen LogP contribution >= 0.6 is 0 Å². The molecule has 1 aliphatic heterocycles. The van der Waals surface area contributed by atoms with Gasteiger partial charge >= 0.3 is 17.9 Å². The molecule has 0 spiro atoms. The van der Waals surface area contributed by atoms with Gasteiger partial charge in [-0.15, -0.1) is 0 Å². The van der Waals surface area contributed by atoms with Crippen molar-refractivity contribution in [1.29, 1.82) is 0 Å². The third kappa shape index (κ3) is 6.87. The van der Waals surface area contributed by atoms with Gasteiger partial charge in [0.1, 0.15) is 5.60 Å². The van der Waals surface area contributed by atoms with Crippen molar-refractivity contribution in [3.05, 3.63) is 29.8 Å². The third-order valence-electron chi connectivity index (χ3n) is 4.62. The predicted molar refractivity (Wildman–Crippen MR) is 108 cm³/mol. The van der Waals surface area contributed by atoms with E-state index in [0.29, 0.717) is 25.3 Å². The SMILES string of the molecule is CCc1cccc(NC(=O)C(=O)NCC2CCN(C(=O)OC(C)(C)C)CC2)c1. The number of carbonyl (C=O) groups is 3. The van der Waals surface area contributed by atoms with E-state index in [4.69, 9.17) is 4.74 Å². The fourth-order valence-corrected chi connectivity index (χ4v) is 3.02. The number of hydrogen-bond acceptors (Lipinski definition) is 4. The molecule has 1 saturated heterocycles. The highest BCUT2D eigenvalue weighted by Crippen LogP contribution is 2.19. The first-order valence-corrected chi connectivity index (χ1v) is 9.84. The molecule has 1 aliphatic rings. The average Bonchev–Trinajstić information content (AvgIpc) is 2.65. The summed E-state index contributed by atoms with van der Waals surface area (Å²) in [7, 11) is 0. The van der Waals surface area contributed by atoms with E-state index < -0.39 is 17.4 Å². The van der Waals surface area contributed by atoms with Gasteiger partial charge in [0.2, 0.25) is 0 Å². The van der Waals surface area contributed by atoms with Crippen molar-refractivity contribution >= 4 is 23.6 Å². The molecule has 3 amide bonds. The van der Waals surface area contributed by atoms with Gasteiger partial charge in [0.25, 0.3) is 0 Å². The van der Waals surface area contributed by atoms with Crippen LogP contribution in [0.3, 0.4) is 0 Å². The highest BCUT2D eigenvalue weighted by atomic mass is 16.6. The number of amides is 3. The number of piperidine rings is 1. The predicted octanol–water partition coefficient (Wildman–Crippen LogP) is 2.95. The van der Waals surface area contributed by atoms with Crippen LogP contribution in [-0.2, 0) is 20.7 Å². The molecule has 7 nitrogen and oxygen atoms in total. The second-order valence-corrected chi connectivity index (χ2v) is 8.13. The number of carbonyl (C=O) groups excluding carboxylic acids is 3. The van der Waals surface area contributed by atoms with Gasteiger partial charge in [-0.1, -0.05) is 19.1 Å². The summed E-state index contributed by atoms with van der Waals surface area (Å²) in [6.07, 6.45) is 2.08. The smallest absolute Gasteiger partial charge is 0.410 e. The lowest BCUT2D eigenvalue weighted by Gasteiger charge is -2.33. The zero-order chi connectivity index (χ0) is 20.7. The highest BCUT2D eigenvalue weighted by molar-refractivity contribution is 6.39. The van der Waals surface area contributed by atoms with E-state index >= 15 is 0 Å². The van der Waals surface area contributed by atoms with E-state index in [2.05, 4.69) is 10.6 Å². The minimum absolute atomic E-state index is 0.235. The van der Waals surface area contributed by atoms with Gasteiger partial charge < -0.3 is 20.3 Å². The number of rotatable bonds is 4. The molecule has 2 N–H and O–H groups in total. The maximum atomic E-state index is 12.1. The Bertz CT molecular complexity index is 704. The average molecular weight is 389 g/mol. The molecule has 0 radical (unpaired) electrons. The van der Waals surface area contributed by atoms with Gasteiger partial charge in [-0.2, -0.15) is 0 Å². The van der Waals surface area contributed by atoms with Crippen molar-refractivity contribution in [2.24, 2.45) is 5.92 Å². The first-order valence-electron chi connectivity index (χ1n) is 9.84. The Morgan fingerprint density at radius 1 is 1.14 bits per heavy atom. The summed E-state index contributed by atoms with van der Waals surface area (Å²) in [5.41, 5.74) is 1.20. The molecule has 0 unspecified atom stereocenters. The second kappa shape index (κ2) is 9.57. The molecule has 0 aromatic heterocycles. The van der Waals surface area contributed by atoms with Crippen LogP contribution in [0.5, 0.6) is 0 Å².